The second-order valence-corrected chi connectivity index (χ2v) is 9.50. The minimum atomic E-state index is -0.252. The first-order chi connectivity index (χ1) is 17.9. The molecule has 0 bridgehead atoms. The van der Waals surface area contributed by atoms with Crippen LogP contribution >= 0.6 is 0 Å². The van der Waals surface area contributed by atoms with E-state index >= 15 is 0 Å². The molecule has 2 unspecified atom stereocenters. The van der Waals surface area contributed by atoms with E-state index in [9.17, 15) is 9.59 Å². The van der Waals surface area contributed by atoms with Crippen LogP contribution in [0.2, 0.25) is 0 Å². The monoisotopic (exact) mass is 491 g/mol. The van der Waals surface area contributed by atoms with Gasteiger partial charge < -0.3 is 16.0 Å². The standard InChI is InChI=1S/C28H25N7O2/c1-3-4-23(36)35-20-14-19(20)15-21(35)27-33-24(25-26(29)31-11-12-34(25)27)17-5-7-18(8-6-17)28(37)32-22-13-16(2)9-10-30-22/h5-13,19-21H,14-15H2,1-2H3,(H2,29,31)(H,30,32,37)/t19?,20?,21-/m0/s1. The Bertz CT molecular complexity index is 1610. The molecule has 2 aliphatic rings. The summed E-state index contributed by atoms with van der Waals surface area (Å²) in [5.41, 5.74) is 9.94. The van der Waals surface area contributed by atoms with E-state index < -0.39 is 0 Å². The van der Waals surface area contributed by atoms with Crippen molar-refractivity contribution in [2.24, 2.45) is 5.92 Å². The van der Waals surface area contributed by atoms with Gasteiger partial charge in [-0.15, -0.1) is 0 Å². The van der Waals surface area contributed by atoms with Gasteiger partial charge >= 0.3 is 0 Å². The number of anilines is 2. The van der Waals surface area contributed by atoms with Crippen LogP contribution in [0.1, 0.15) is 47.6 Å². The molecule has 1 aromatic carbocycles. The number of imidazole rings is 1. The van der Waals surface area contributed by atoms with Gasteiger partial charge in [-0.2, -0.15) is 0 Å². The Morgan fingerprint density at radius 2 is 1.92 bits per heavy atom. The predicted molar refractivity (Wildman–Crippen MR) is 139 cm³/mol. The lowest BCUT2D eigenvalue weighted by molar-refractivity contribution is -0.127. The lowest BCUT2D eigenvalue weighted by Crippen LogP contribution is -2.33. The molecular formula is C28H25N7O2. The van der Waals surface area contributed by atoms with Gasteiger partial charge in [0, 0.05) is 35.8 Å². The molecule has 0 spiro atoms. The van der Waals surface area contributed by atoms with Gasteiger partial charge in [-0.3, -0.25) is 14.0 Å². The molecule has 184 valence electrons. The highest BCUT2D eigenvalue weighted by atomic mass is 16.2. The molecular weight excluding hydrogens is 466 g/mol. The smallest absolute Gasteiger partial charge is 0.299 e. The number of nitrogen functional groups attached to an aromatic ring is 1. The quantitative estimate of drug-likeness (QED) is 0.421. The van der Waals surface area contributed by atoms with Crippen molar-refractivity contribution < 1.29 is 9.59 Å². The molecule has 3 atom stereocenters. The van der Waals surface area contributed by atoms with E-state index in [-0.39, 0.29) is 23.9 Å². The van der Waals surface area contributed by atoms with Gasteiger partial charge in [0.1, 0.15) is 28.7 Å². The first-order valence-electron chi connectivity index (χ1n) is 12.2. The number of fused-ring (bicyclic) bond motifs is 2. The van der Waals surface area contributed by atoms with Crippen LogP contribution in [-0.4, -0.2) is 42.1 Å². The van der Waals surface area contributed by atoms with Gasteiger partial charge in [0.05, 0.1) is 6.04 Å². The highest BCUT2D eigenvalue weighted by Crippen LogP contribution is 2.53. The van der Waals surface area contributed by atoms with Crippen molar-refractivity contribution in [1.82, 2.24) is 24.3 Å². The summed E-state index contributed by atoms with van der Waals surface area (Å²) in [4.78, 5) is 40.9. The van der Waals surface area contributed by atoms with Gasteiger partial charge in [0.15, 0.2) is 0 Å². The number of benzene rings is 1. The summed E-state index contributed by atoms with van der Waals surface area (Å²) < 4.78 is 1.93. The van der Waals surface area contributed by atoms with E-state index in [1.807, 2.05) is 46.7 Å². The largest absolute Gasteiger partial charge is 0.382 e. The molecule has 3 N–H and O–H groups in total. The van der Waals surface area contributed by atoms with Crippen molar-refractivity contribution in [3.8, 4) is 23.1 Å². The Hall–Kier alpha value is -4.71. The fourth-order valence-corrected chi connectivity index (χ4v) is 5.25. The van der Waals surface area contributed by atoms with Gasteiger partial charge in [0.2, 0.25) is 0 Å². The average molecular weight is 492 g/mol. The molecule has 3 aromatic heterocycles. The summed E-state index contributed by atoms with van der Waals surface area (Å²) in [5, 5.41) is 2.82. The number of likely N-dealkylation sites (tertiary alicyclic amines) is 1. The lowest BCUT2D eigenvalue weighted by Gasteiger charge is -2.24. The number of aromatic nitrogens is 4. The van der Waals surface area contributed by atoms with Crippen LogP contribution in [0, 0.1) is 24.7 Å². The van der Waals surface area contributed by atoms with Crippen molar-refractivity contribution in [2.75, 3.05) is 11.1 Å². The van der Waals surface area contributed by atoms with Crippen molar-refractivity contribution in [3.05, 3.63) is 71.9 Å². The lowest BCUT2D eigenvalue weighted by atomic mass is 10.1. The molecule has 1 saturated carbocycles. The van der Waals surface area contributed by atoms with Crippen LogP contribution in [0.15, 0.2) is 55.0 Å². The maximum atomic E-state index is 12.8. The summed E-state index contributed by atoms with van der Waals surface area (Å²) in [5.74, 6) is 7.07. The van der Waals surface area contributed by atoms with E-state index in [1.165, 1.54) is 0 Å². The summed E-state index contributed by atoms with van der Waals surface area (Å²) in [7, 11) is 0. The van der Waals surface area contributed by atoms with Gasteiger partial charge in [0.25, 0.3) is 11.8 Å². The van der Waals surface area contributed by atoms with Gasteiger partial charge in [-0.25, -0.2) is 15.0 Å². The molecule has 2 fully saturated rings. The number of amides is 2. The highest BCUT2D eigenvalue weighted by Gasteiger charge is 2.55. The summed E-state index contributed by atoms with van der Waals surface area (Å²) in [6.45, 7) is 3.61. The fourth-order valence-electron chi connectivity index (χ4n) is 5.25. The number of nitrogens with two attached hydrogens (primary N) is 1. The van der Waals surface area contributed by atoms with E-state index in [0.29, 0.717) is 34.3 Å². The molecule has 1 aliphatic carbocycles. The molecule has 0 radical (unpaired) electrons. The number of carbonyl (C=O) groups is 2. The summed E-state index contributed by atoms with van der Waals surface area (Å²) in [6, 6.07) is 10.9. The van der Waals surface area contributed by atoms with E-state index in [0.717, 1.165) is 29.8 Å². The maximum absolute atomic E-state index is 12.8. The van der Waals surface area contributed by atoms with Crippen LogP contribution in [-0.2, 0) is 4.79 Å². The van der Waals surface area contributed by atoms with E-state index in [1.54, 1.807) is 31.5 Å². The topological polar surface area (TPSA) is 119 Å². The van der Waals surface area contributed by atoms with E-state index in [4.69, 9.17) is 10.7 Å². The molecule has 2 amide bonds. The number of pyridine rings is 1. The highest BCUT2D eigenvalue weighted by molar-refractivity contribution is 6.04. The first kappa shape index (κ1) is 22.7. The Morgan fingerprint density at radius 1 is 1.11 bits per heavy atom. The minimum absolute atomic E-state index is 0.170. The fraction of sp³-hybridized carbons (Fsp3) is 0.250. The zero-order chi connectivity index (χ0) is 25.7. The predicted octanol–water partition coefficient (Wildman–Crippen LogP) is 3.62. The Labute approximate surface area is 213 Å². The third-order valence-corrected chi connectivity index (χ3v) is 7.06. The molecule has 9 heteroatoms. The summed E-state index contributed by atoms with van der Waals surface area (Å²) >= 11 is 0. The van der Waals surface area contributed by atoms with Crippen LogP contribution in [0.3, 0.4) is 0 Å². The molecule has 9 nitrogen and oxygen atoms in total. The van der Waals surface area contributed by atoms with Crippen molar-refractivity contribution >= 4 is 29.0 Å². The van der Waals surface area contributed by atoms with Crippen LogP contribution in [0.5, 0.6) is 0 Å². The van der Waals surface area contributed by atoms with Crippen molar-refractivity contribution in [1.29, 1.82) is 0 Å². The molecule has 37 heavy (non-hydrogen) atoms. The van der Waals surface area contributed by atoms with Crippen LogP contribution < -0.4 is 11.1 Å². The van der Waals surface area contributed by atoms with Gasteiger partial charge in [-0.1, -0.05) is 18.1 Å². The third-order valence-electron chi connectivity index (χ3n) is 7.06. The normalized spacial score (nSPS) is 19.7. The SMILES string of the molecule is CC#CC(=O)N1C2CC2C[C@H]1c1nc(-c2ccc(C(=O)Nc3cc(C)ccn3)cc2)c2c(N)nccn12. The summed E-state index contributed by atoms with van der Waals surface area (Å²) in [6.07, 6.45) is 6.97. The minimum Gasteiger partial charge on any atom is -0.382 e. The van der Waals surface area contributed by atoms with Crippen molar-refractivity contribution in [2.45, 2.75) is 38.8 Å². The average Bonchev–Trinajstić information content (AvgIpc) is 3.37. The van der Waals surface area contributed by atoms with Crippen molar-refractivity contribution in [3.63, 3.8) is 0 Å². The number of nitrogens with zero attached hydrogens (tertiary/aromatic N) is 5. The number of hydrogen-bond donors (Lipinski definition) is 2. The Kier molecular flexibility index (Phi) is 5.37. The number of nitrogens with one attached hydrogen (secondary N) is 1. The Balaban J connectivity index is 1.35. The zero-order valence-electron chi connectivity index (χ0n) is 20.5. The number of rotatable bonds is 4. The van der Waals surface area contributed by atoms with Crippen LogP contribution in [0.4, 0.5) is 11.6 Å². The molecule has 1 aliphatic heterocycles. The van der Waals surface area contributed by atoms with E-state index in [2.05, 4.69) is 27.1 Å². The van der Waals surface area contributed by atoms with Crippen LogP contribution in [0.25, 0.3) is 16.8 Å². The number of hydrogen-bond acceptors (Lipinski definition) is 6. The zero-order valence-corrected chi connectivity index (χ0v) is 20.5. The second-order valence-electron chi connectivity index (χ2n) is 9.50. The number of aryl methyl sites for hydroxylation is 1. The maximum Gasteiger partial charge on any atom is 0.299 e. The number of piperidine rings is 1. The first-order valence-corrected chi connectivity index (χ1v) is 12.2. The number of carbonyl (C=O) groups excluding carboxylic acids is 2. The molecule has 4 heterocycles. The molecule has 4 aromatic rings. The second kappa shape index (κ2) is 8.75. The molecule has 1 saturated heterocycles. The van der Waals surface area contributed by atoms with Gasteiger partial charge in [-0.05, 0) is 68.4 Å². The Morgan fingerprint density at radius 3 is 2.68 bits per heavy atom. The third kappa shape index (κ3) is 3.96. The molecule has 6 rings (SSSR count).